The molecular formula is C21H23N3O2. The van der Waals surface area contributed by atoms with E-state index in [1.165, 1.54) is 0 Å². The second kappa shape index (κ2) is 7.87. The van der Waals surface area contributed by atoms with Crippen LogP contribution in [0.15, 0.2) is 60.9 Å². The fourth-order valence-electron chi connectivity index (χ4n) is 2.66. The number of hydrogen-bond donors (Lipinski definition) is 0. The number of para-hydroxylation sites is 1. The van der Waals surface area contributed by atoms with E-state index in [9.17, 15) is 4.79 Å². The highest BCUT2D eigenvalue weighted by molar-refractivity contribution is 5.77. The van der Waals surface area contributed by atoms with E-state index in [2.05, 4.69) is 5.10 Å². The molecule has 5 nitrogen and oxygen atoms in total. The molecule has 5 heteroatoms. The van der Waals surface area contributed by atoms with Gasteiger partial charge in [0.15, 0.2) is 6.61 Å². The maximum atomic E-state index is 12.4. The number of likely N-dealkylation sites (N-methyl/N-ethyl adjacent to an activating group) is 1. The van der Waals surface area contributed by atoms with E-state index in [1.807, 2.05) is 68.6 Å². The standard InChI is InChI=1S/C21H23N3O2/c1-16-8-7-11-20(17(16)2)26-15-21(25)23(3)13-18-12-22-24(14-18)19-9-5-4-6-10-19/h4-12,14H,13,15H2,1-3H3. The Kier molecular flexibility index (Phi) is 5.37. The van der Waals surface area contributed by atoms with Gasteiger partial charge in [-0.2, -0.15) is 5.10 Å². The van der Waals surface area contributed by atoms with Crippen LogP contribution in [0, 0.1) is 13.8 Å². The lowest BCUT2D eigenvalue weighted by Crippen LogP contribution is -2.30. The summed E-state index contributed by atoms with van der Waals surface area (Å²) in [4.78, 5) is 14.0. The van der Waals surface area contributed by atoms with Crippen LogP contribution in [0.5, 0.6) is 5.75 Å². The Bertz CT molecular complexity index is 887. The molecule has 0 saturated heterocycles. The Morgan fingerprint density at radius 3 is 2.65 bits per heavy atom. The topological polar surface area (TPSA) is 47.4 Å². The summed E-state index contributed by atoms with van der Waals surface area (Å²) in [6.07, 6.45) is 3.72. The number of amides is 1. The fraction of sp³-hybridized carbons (Fsp3) is 0.238. The van der Waals surface area contributed by atoms with Gasteiger partial charge in [0, 0.05) is 25.4 Å². The maximum absolute atomic E-state index is 12.4. The summed E-state index contributed by atoms with van der Waals surface area (Å²) in [5, 5.41) is 4.36. The van der Waals surface area contributed by atoms with Crippen LogP contribution in [-0.4, -0.2) is 34.2 Å². The lowest BCUT2D eigenvalue weighted by Gasteiger charge is -2.17. The number of carbonyl (C=O) groups excluding carboxylic acids is 1. The summed E-state index contributed by atoms with van der Waals surface area (Å²) in [7, 11) is 1.77. The van der Waals surface area contributed by atoms with Crippen LogP contribution in [0.2, 0.25) is 0 Å². The van der Waals surface area contributed by atoms with Crippen LogP contribution in [-0.2, 0) is 11.3 Å². The second-order valence-electron chi connectivity index (χ2n) is 6.37. The number of benzene rings is 2. The molecule has 0 saturated carbocycles. The Morgan fingerprint density at radius 1 is 1.12 bits per heavy atom. The second-order valence-corrected chi connectivity index (χ2v) is 6.37. The number of aromatic nitrogens is 2. The van der Waals surface area contributed by atoms with Crippen molar-refractivity contribution in [2.45, 2.75) is 20.4 Å². The van der Waals surface area contributed by atoms with E-state index in [0.717, 1.165) is 28.1 Å². The first-order chi connectivity index (χ1) is 12.5. The van der Waals surface area contributed by atoms with Crippen molar-refractivity contribution in [1.82, 2.24) is 14.7 Å². The summed E-state index contributed by atoms with van der Waals surface area (Å²) in [6.45, 7) is 4.53. The molecule has 0 radical (unpaired) electrons. The Labute approximate surface area is 153 Å². The molecule has 0 aliphatic rings. The smallest absolute Gasteiger partial charge is 0.260 e. The molecule has 0 aliphatic heterocycles. The predicted octanol–water partition coefficient (Wildman–Crippen LogP) is 3.53. The van der Waals surface area contributed by atoms with Crippen molar-refractivity contribution >= 4 is 5.91 Å². The maximum Gasteiger partial charge on any atom is 0.260 e. The molecule has 0 bridgehead atoms. The van der Waals surface area contributed by atoms with Gasteiger partial charge in [-0.25, -0.2) is 4.68 Å². The first-order valence-electron chi connectivity index (χ1n) is 8.56. The summed E-state index contributed by atoms with van der Waals surface area (Å²) >= 11 is 0. The van der Waals surface area contributed by atoms with E-state index in [4.69, 9.17) is 4.74 Å². The highest BCUT2D eigenvalue weighted by atomic mass is 16.5. The van der Waals surface area contributed by atoms with Crippen molar-refractivity contribution in [2.75, 3.05) is 13.7 Å². The number of hydrogen-bond acceptors (Lipinski definition) is 3. The normalized spacial score (nSPS) is 10.6. The number of carbonyl (C=O) groups is 1. The highest BCUT2D eigenvalue weighted by Gasteiger charge is 2.12. The first-order valence-corrected chi connectivity index (χ1v) is 8.56. The average Bonchev–Trinajstić information content (AvgIpc) is 3.12. The molecule has 3 aromatic rings. The first kappa shape index (κ1) is 17.7. The van der Waals surface area contributed by atoms with E-state index in [1.54, 1.807) is 22.8 Å². The van der Waals surface area contributed by atoms with Gasteiger partial charge in [-0.15, -0.1) is 0 Å². The minimum atomic E-state index is -0.0710. The van der Waals surface area contributed by atoms with Crippen molar-refractivity contribution in [1.29, 1.82) is 0 Å². The number of aryl methyl sites for hydroxylation is 1. The zero-order chi connectivity index (χ0) is 18.5. The molecule has 1 heterocycles. The van der Waals surface area contributed by atoms with Crippen LogP contribution >= 0.6 is 0 Å². The van der Waals surface area contributed by atoms with E-state index in [-0.39, 0.29) is 12.5 Å². The third kappa shape index (κ3) is 4.11. The molecular weight excluding hydrogens is 326 g/mol. The van der Waals surface area contributed by atoms with Gasteiger partial charge < -0.3 is 9.64 Å². The summed E-state index contributed by atoms with van der Waals surface area (Å²) in [5.41, 5.74) is 4.17. The van der Waals surface area contributed by atoms with Gasteiger partial charge in [0.05, 0.1) is 11.9 Å². The Hall–Kier alpha value is -3.08. The van der Waals surface area contributed by atoms with Crippen molar-refractivity contribution in [2.24, 2.45) is 0 Å². The molecule has 0 N–H and O–H groups in total. The SMILES string of the molecule is Cc1cccc(OCC(=O)N(C)Cc2cnn(-c3ccccc3)c2)c1C. The lowest BCUT2D eigenvalue weighted by atomic mass is 10.1. The van der Waals surface area contributed by atoms with Crippen LogP contribution in [0.1, 0.15) is 16.7 Å². The Balaban J connectivity index is 1.58. The summed E-state index contributed by atoms with van der Waals surface area (Å²) in [6, 6.07) is 15.7. The van der Waals surface area contributed by atoms with Gasteiger partial charge in [-0.3, -0.25) is 4.79 Å². The van der Waals surface area contributed by atoms with Gasteiger partial charge in [0.1, 0.15) is 5.75 Å². The van der Waals surface area contributed by atoms with E-state index in [0.29, 0.717) is 6.54 Å². The molecule has 0 aliphatic carbocycles. The molecule has 2 aromatic carbocycles. The third-order valence-electron chi connectivity index (χ3n) is 4.41. The highest BCUT2D eigenvalue weighted by Crippen LogP contribution is 2.20. The van der Waals surface area contributed by atoms with Crippen molar-refractivity contribution in [3.05, 3.63) is 77.6 Å². The molecule has 134 valence electrons. The molecule has 3 rings (SSSR count). The number of nitrogens with zero attached hydrogens (tertiary/aromatic N) is 3. The lowest BCUT2D eigenvalue weighted by molar-refractivity contribution is -0.132. The Morgan fingerprint density at radius 2 is 1.88 bits per heavy atom. The van der Waals surface area contributed by atoms with Crippen LogP contribution in [0.25, 0.3) is 5.69 Å². The van der Waals surface area contributed by atoms with Gasteiger partial charge in [-0.1, -0.05) is 30.3 Å². The van der Waals surface area contributed by atoms with Crippen molar-refractivity contribution in [3.63, 3.8) is 0 Å². The van der Waals surface area contributed by atoms with Crippen LogP contribution in [0.4, 0.5) is 0 Å². The van der Waals surface area contributed by atoms with Gasteiger partial charge in [-0.05, 0) is 43.2 Å². The van der Waals surface area contributed by atoms with Gasteiger partial charge >= 0.3 is 0 Å². The quantitative estimate of drug-likeness (QED) is 0.684. The number of rotatable bonds is 6. The van der Waals surface area contributed by atoms with Crippen LogP contribution in [0.3, 0.4) is 0 Å². The fourth-order valence-corrected chi connectivity index (χ4v) is 2.66. The molecule has 0 spiro atoms. The summed E-state index contributed by atoms with van der Waals surface area (Å²) in [5.74, 6) is 0.682. The van der Waals surface area contributed by atoms with E-state index < -0.39 is 0 Å². The molecule has 0 unspecified atom stereocenters. The van der Waals surface area contributed by atoms with Gasteiger partial charge in [0.2, 0.25) is 0 Å². The molecule has 26 heavy (non-hydrogen) atoms. The monoisotopic (exact) mass is 349 g/mol. The minimum absolute atomic E-state index is 0.0214. The summed E-state index contributed by atoms with van der Waals surface area (Å²) < 4.78 is 7.51. The molecule has 0 fully saturated rings. The van der Waals surface area contributed by atoms with Gasteiger partial charge in [0.25, 0.3) is 5.91 Å². The molecule has 1 aromatic heterocycles. The number of ether oxygens (including phenoxy) is 1. The van der Waals surface area contributed by atoms with Crippen molar-refractivity contribution < 1.29 is 9.53 Å². The molecule has 1 amide bonds. The zero-order valence-corrected chi connectivity index (χ0v) is 15.3. The third-order valence-corrected chi connectivity index (χ3v) is 4.41. The largest absolute Gasteiger partial charge is 0.483 e. The van der Waals surface area contributed by atoms with E-state index >= 15 is 0 Å². The minimum Gasteiger partial charge on any atom is -0.483 e. The zero-order valence-electron chi connectivity index (χ0n) is 15.3. The van der Waals surface area contributed by atoms with Crippen molar-refractivity contribution in [3.8, 4) is 11.4 Å². The molecule has 0 atom stereocenters. The predicted molar refractivity (Wildman–Crippen MR) is 101 cm³/mol. The van der Waals surface area contributed by atoms with Crippen LogP contribution < -0.4 is 4.74 Å². The average molecular weight is 349 g/mol.